The minimum absolute atomic E-state index is 0. The quantitative estimate of drug-likeness (QED) is 0.322. The number of aromatic nitrogens is 2. The molecule has 1 aliphatic rings. The predicted octanol–water partition coefficient (Wildman–Crippen LogP) is 2.46. The molecule has 1 aliphatic heterocycles. The Labute approximate surface area is 187 Å². The van der Waals surface area contributed by atoms with Crippen molar-refractivity contribution in [1.82, 2.24) is 25.3 Å². The standard InChI is InChI=1S/C20H38N6O.HI/c1-7-17(8-2)19(26-9-11-27-12-10-26)14-23-20(21-5)22-13-18-15(3)24-25(6)16(18)4;/h17,19H,7-14H2,1-6H3,(H2,21,22,23);1H. The topological polar surface area (TPSA) is 66.7 Å². The van der Waals surface area contributed by atoms with E-state index in [4.69, 9.17) is 4.74 Å². The molecule has 0 bridgehead atoms. The van der Waals surface area contributed by atoms with Gasteiger partial charge in [-0.3, -0.25) is 14.6 Å². The Balaban J connectivity index is 0.00000392. The van der Waals surface area contributed by atoms with Gasteiger partial charge in [-0.05, 0) is 19.8 Å². The van der Waals surface area contributed by atoms with Crippen LogP contribution in [0.15, 0.2) is 4.99 Å². The molecule has 0 amide bonds. The third-order valence-electron chi connectivity index (χ3n) is 5.90. The van der Waals surface area contributed by atoms with Crippen LogP contribution in [0.2, 0.25) is 0 Å². The van der Waals surface area contributed by atoms with Gasteiger partial charge in [0.2, 0.25) is 0 Å². The smallest absolute Gasteiger partial charge is 0.191 e. The number of guanidine groups is 1. The Bertz CT molecular complexity index is 608. The lowest BCUT2D eigenvalue weighted by Crippen LogP contribution is -2.53. The third-order valence-corrected chi connectivity index (χ3v) is 5.90. The fourth-order valence-corrected chi connectivity index (χ4v) is 4.00. The first-order valence-electron chi connectivity index (χ1n) is 10.3. The molecule has 1 unspecified atom stereocenters. The average Bonchev–Trinajstić information content (AvgIpc) is 2.93. The number of aryl methyl sites for hydroxylation is 2. The number of morpholine rings is 1. The van der Waals surface area contributed by atoms with Gasteiger partial charge in [-0.1, -0.05) is 26.7 Å². The number of halogens is 1. The van der Waals surface area contributed by atoms with Gasteiger partial charge in [0.05, 0.1) is 18.9 Å². The summed E-state index contributed by atoms with van der Waals surface area (Å²) in [7, 11) is 3.82. The largest absolute Gasteiger partial charge is 0.379 e. The van der Waals surface area contributed by atoms with Crippen LogP contribution in [0.1, 0.15) is 43.6 Å². The summed E-state index contributed by atoms with van der Waals surface area (Å²) in [6.45, 7) is 14.1. The second kappa shape index (κ2) is 12.6. The Morgan fingerprint density at radius 1 is 1.18 bits per heavy atom. The lowest BCUT2D eigenvalue weighted by molar-refractivity contribution is 0.00272. The summed E-state index contributed by atoms with van der Waals surface area (Å²) in [6, 6.07) is 0.504. The molecule has 1 aromatic heterocycles. The van der Waals surface area contributed by atoms with Gasteiger partial charge in [0.15, 0.2) is 5.96 Å². The van der Waals surface area contributed by atoms with Crippen LogP contribution < -0.4 is 10.6 Å². The Hall–Kier alpha value is -0.870. The van der Waals surface area contributed by atoms with Crippen molar-refractivity contribution in [2.45, 2.75) is 53.1 Å². The first-order valence-corrected chi connectivity index (χ1v) is 10.3. The second-order valence-corrected chi connectivity index (χ2v) is 7.37. The highest BCUT2D eigenvalue weighted by atomic mass is 127. The fourth-order valence-electron chi connectivity index (χ4n) is 4.00. The summed E-state index contributed by atoms with van der Waals surface area (Å²) in [4.78, 5) is 7.00. The maximum Gasteiger partial charge on any atom is 0.191 e. The minimum atomic E-state index is 0. The molecule has 7 nitrogen and oxygen atoms in total. The van der Waals surface area contributed by atoms with Crippen molar-refractivity contribution < 1.29 is 4.74 Å². The number of aliphatic imine (C=N–C) groups is 1. The zero-order chi connectivity index (χ0) is 19.8. The van der Waals surface area contributed by atoms with Crippen molar-refractivity contribution in [2.75, 3.05) is 39.9 Å². The minimum Gasteiger partial charge on any atom is -0.379 e. The highest BCUT2D eigenvalue weighted by molar-refractivity contribution is 14.0. The molecule has 162 valence electrons. The molecule has 0 radical (unpaired) electrons. The fraction of sp³-hybridized carbons (Fsp3) is 0.800. The lowest BCUT2D eigenvalue weighted by atomic mass is 9.92. The molecule has 0 aliphatic carbocycles. The Kier molecular flexibility index (Phi) is 11.4. The average molecular weight is 506 g/mol. The zero-order valence-electron chi connectivity index (χ0n) is 18.4. The van der Waals surface area contributed by atoms with Gasteiger partial charge in [0.25, 0.3) is 0 Å². The molecule has 2 N–H and O–H groups in total. The van der Waals surface area contributed by atoms with E-state index in [1.165, 1.54) is 24.1 Å². The van der Waals surface area contributed by atoms with Gasteiger partial charge < -0.3 is 15.4 Å². The summed E-state index contributed by atoms with van der Waals surface area (Å²) in [5, 5.41) is 11.5. The number of nitrogens with zero attached hydrogens (tertiary/aromatic N) is 4. The molecular weight excluding hydrogens is 467 g/mol. The second-order valence-electron chi connectivity index (χ2n) is 7.37. The van der Waals surface area contributed by atoms with E-state index in [0.717, 1.165) is 51.0 Å². The molecule has 0 spiro atoms. The molecule has 1 atom stereocenters. The number of ether oxygens (including phenoxy) is 1. The monoisotopic (exact) mass is 506 g/mol. The van der Waals surface area contributed by atoms with E-state index in [1.54, 1.807) is 0 Å². The van der Waals surface area contributed by atoms with Gasteiger partial charge in [-0.15, -0.1) is 24.0 Å². The number of rotatable bonds is 8. The van der Waals surface area contributed by atoms with Crippen molar-refractivity contribution in [3.8, 4) is 0 Å². The highest BCUT2D eigenvalue weighted by Crippen LogP contribution is 2.19. The molecule has 1 aromatic rings. The number of hydrogen-bond acceptors (Lipinski definition) is 4. The number of hydrogen-bond donors (Lipinski definition) is 2. The van der Waals surface area contributed by atoms with Gasteiger partial charge in [0.1, 0.15) is 0 Å². The van der Waals surface area contributed by atoms with E-state index in [0.29, 0.717) is 12.0 Å². The van der Waals surface area contributed by atoms with Crippen LogP contribution in [0.25, 0.3) is 0 Å². The molecule has 1 fully saturated rings. The van der Waals surface area contributed by atoms with E-state index < -0.39 is 0 Å². The van der Waals surface area contributed by atoms with Crippen molar-refractivity contribution >= 4 is 29.9 Å². The summed E-state index contributed by atoms with van der Waals surface area (Å²) >= 11 is 0. The highest BCUT2D eigenvalue weighted by Gasteiger charge is 2.27. The van der Waals surface area contributed by atoms with E-state index >= 15 is 0 Å². The van der Waals surface area contributed by atoms with Crippen LogP contribution in [0, 0.1) is 19.8 Å². The third kappa shape index (κ3) is 6.59. The maximum absolute atomic E-state index is 5.55. The van der Waals surface area contributed by atoms with Crippen molar-refractivity contribution in [1.29, 1.82) is 0 Å². The van der Waals surface area contributed by atoms with Crippen LogP contribution in [0.5, 0.6) is 0 Å². The van der Waals surface area contributed by atoms with E-state index in [2.05, 4.69) is 53.3 Å². The molecule has 1 saturated heterocycles. The van der Waals surface area contributed by atoms with Crippen LogP contribution >= 0.6 is 24.0 Å². The van der Waals surface area contributed by atoms with Crippen molar-refractivity contribution in [3.05, 3.63) is 17.0 Å². The molecule has 2 heterocycles. The molecule has 2 rings (SSSR count). The van der Waals surface area contributed by atoms with Crippen LogP contribution in [-0.4, -0.2) is 66.6 Å². The van der Waals surface area contributed by atoms with Gasteiger partial charge in [-0.2, -0.15) is 5.10 Å². The zero-order valence-corrected chi connectivity index (χ0v) is 20.7. The van der Waals surface area contributed by atoms with Gasteiger partial charge in [-0.25, -0.2) is 0 Å². The van der Waals surface area contributed by atoms with Crippen molar-refractivity contribution in [3.63, 3.8) is 0 Å². The summed E-state index contributed by atoms with van der Waals surface area (Å²) in [5.74, 6) is 1.53. The normalized spacial score (nSPS) is 16.8. The molecule has 0 saturated carbocycles. The van der Waals surface area contributed by atoms with Crippen LogP contribution in [0.3, 0.4) is 0 Å². The predicted molar refractivity (Wildman–Crippen MR) is 127 cm³/mol. The van der Waals surface area contributed by atoms with Crippen LogP contribution in [-0.2, 0) is 18.3 Å². The lowest BCUT2D eigenvalue weighted by Gasteiger charge is -2.39. The first-order chi connectivity index (χ1) is 13.0. The van der Waals surface area contributed by atoms with Gasteiger partial charge in [0, 0.05) is 57.6 Å². The first kappa shape index (κ1) is 25.2. The van der Waals surface area contributed by atoms with Crippen LogP contribution in [0.4, 0.5) is 0 Å². The van der Waals surface area contributed by atoms with E-state index in [-0.39, 0.29) is 24.0 Å². The maximum atomic E-state index is 5.55. The number of nitrogens with one attached hydrogen (secondary N) is 2. The van der Waals surface area contributed by atoms with E-state index in [9.17, 15) is 0 Å². The Morgan fingerprint density at radius 2 is 1.82 bits per heavy atom. The summed E-state index contributed by atoms with van der Waals surface area (Å²) in [5.41, 5.74) is 3.50. The van der Waals surface area contributed by atoms with Crippen molar-refractivity contribution in [2.24, 2.45) is 18.0 Å². The van der Waals surface area contributed by atoms with Gasteiger partial charge >= 0.3 is 0 Å². The Morgan fingerprint density at radius 3 is 2.32 bits per heavy atom. The molecular formula is C20H39IN6O. The van der Waals surface area contributed by atoms with E-state index in [1.807, 2.05) is 18.8 Å². The summed E-state index contributed by atoms with van der Waals surface area (Å²) < 4.78 is 7.48. The molecule has 0 aromatic carbocycles. The summed E-state index contributed by atoms with van der Waals surface area (Å²) in [6.07, 6.45) is 2.39. The molecule has 28 heavy (non-hydrogen) atoms. The molecule has 8 heteroatoms. The SMILES string of the molecule is CCC(CC)C(CNC(=NC)NCc1c(C)nn(C)c1C)N1CCOCC1.I.